The van der Waals surface area contributed by atoms with E-state index >= 15 is 0 Å². The van der Waals surface area contributed by atoms with E-state index in [0.717, 1.165) is 11.3 Å². The summed E-state index contributed by atoms with van der Waals surface area (Å²) in [5.74, 6) is 0. The molecule has 0 aliphatic heterocycles. The molecule has 0 saturated heterocycles. The molecule has 0 radical (unpaired) electrons. The molecule has 0 bridgehead atoms. The SMILES string of the molecule is C=CCN(C(C)(C)C)S(=O)(=O)c1sc(Cl)nc1C. The van der Waals surface area contributed by atoms with Crippen molar-refractivity contribution in [3.63, 3.8) is 0 Å². The Bertz CT molecular complexity index is 544. The maximum atomic E-state index is 12.6. The first kappa shape index (κ1) is 15.6. The van der Waals surface area contributed by atoms with Crippen molar-refractivity contribution in [2.45, 2.75) is 37.4 Å². The van der Waals surface area contributed by atoms with Gasteiger partial charge in [-0.1, -0.05) is 29.0 Å². The minimum atomic E-state index is -3.60. The first-order valence-electron chi connectivity index (χ1n) is 5.37. The lowest BCUT2D eigenvalue weighted by Crippen LogP contribution is -2.45. The van der Waals surface area contributed by atoms with E-state index in [0.29, 0.717) is 5.69 Å². The molecule has 0 atom stereocenters. The highest BCUT2D eigenvalue weighted by atomic mass is 35.5. The highest BCUT2D eigenvalue weighted by Crippen LogP contribution is 2.32. The van der Waals surface area contributed by atoms with E-state index in [2.05, 4.69) is 11.6 Å². The lowest BCUT2D eigenvalue weighted by Gasteiger charge is -2.33. The Balaban J connectivity index is 3.34. The fourth-order valence-electron chi connectivity index (χ4n) is 1.54. The molecule has 0 aliphatic carbocycles. The lowest BCUT2D eigenvalue weighted by molar-refractivity contribution is 0.270. The lowest BCUT2D eigenvalue weighted by atomic mass is 10.1. The Morgan fingerprint density at radius 2 is 2.06 bits per heavy atom. The summed E-state index contributed by atoms with van der Waals surface area (Å²) in [4.78, 5) is 3.95. The zero-order valence-corrected chi connectivity index (χ0v) is 13.3. The van der Waals surface area contributed by atoms with Crippen molar-refractivity contribution in [1.82, 2.24) is 9.29 Å². The van der Waals surface area contributed by atoms with Gasteiger partial charge in [-0.15, -0.1) is 6.58 Å². The van der Waals surface area contributed by atoms with Gasteiger partial charge in [0.1, 0.15) is 0 Å². The molecule has 7 heteroatoms. The van der Waals surface area contributed by atoms with Gasteiger partial charge in [-0.25, -0.2) is 13.4 Å². The first-order chi connectivity index (χ1) is 8.10. The number of aromatic nitrogens is 1. The minimum Gasteiger partial charge on any atom is -0.229 e. The third-order valence-corrected chi connectivity index (χ3v) is 6.27. The van der Waals surface area contributed by atoms with Crippen LogP contribution in [0.1, 0.15) is 26.5 Å². The van der Waals surface area contributed by atoms with Crippen LogP contribution >= 0.6 is 22.9 Å². The molecule has 1 rings (SSSR count). The van der Waals surface area contributed by atoms with E-state index in [-0.39, 0.29) is 15.2 Å². The number of rotatable bonds is 4. The highest BCUT2D eigenvalue weighted by molar-refractivity contribution is 7.91. The number of halogens is 1. The van der Waals surface area contributed by atoms with Gasteiger partial charge in [0.15, 0.2) is 8.68 Å². The van der Waals surface area contributed by atoms with Crippen LogP contribution < -0.4 is 0 Å². The van der Waals surface area contributed by atoms with Crippen LogP contribution in [-0.4, -0.2) is 29.8 Å². The van der Waals surface area contributed by atoms with Gasteiger partial charge >= 0.3 is 0 Å². The summed E-state index contributed by atoms with van der Waals surface area (Å²) < 4.78 is 27.0. The standard InChI is InChI=1S/C11H17ClN2O2S2/c1-6-7-14(11(3,4)5)18(15,16)9-8(2)13-10(12)17-9/h6H,1,7H2,2-5H3. The van der Waals surface area contributed by atoms with Gasteiger partial charge in [-0.3, -0.25) is 0 Å². The van der Waals surface area contributed by atoms with E-state index in [9.17, 15) is 8.42 Å². The summed E-state index contributed by atoms with van der Waals surface area (Å²) in [6.45, 7) is 11.0. The van der Waals surface area contributed by atoms with Gasteiger partial charge in [-0.2, -0.15) is 4.31 Å². The molecule has 0 fully saturated rings. The van der Waals surface area contributed by atoms with Crippen LogP contribution in [0.15, 0.2) is 16.9 Å². The van der Waals surface area contributed by atoms with Crippen molar-refractivity contribution in [1.29, 1.82) is 0 Å². The van der Waals surface area contributed by atoms with Crippen LogP contribution in [-0.2, 0) is 10.0 Å². The maximum absolute atomic E-state index is 12.6. The molecule has 1 aromatic rings. The summed E-state index contributed by atoms with van der Waals surface area (Å²) in [5, 5.41) is 0. The molecular formula is C11H17ClN2O2S2. The average molecular weight is 309 g/mol. The number of thiazole rings is 1. The Hall–Kier alpha value is -0.430. The summed E-state index contributed by atoms with van der Waals surface area (Å²) in [5.41, 5.74) is -0.0982. The normalized spacial score (nSPS) is 13.0. The van der Waals surface area contributed by atoms with Gasteiger partial charge in [0, 0.05) is 12.1 Å². The van der Waals surface area contributed by atoms with Gasteiger partial charge in [0.25, 0.3) is 10.0 Å². The molecule has 0 amide bonds. The topological polar surface area (TPSA) is 50.3 Å². The van der Waals surface area contributed by atoms with Crippen molar-refractivity contribution < 1.29 is 8.42 Å². The predicted octanol–water partition coefficient (Wildman–Crippen LogP) is 3.08. The predicted molar refractivity (Wildman–Crippen MR) is 75.7 cm³/mol. The number of hydrogen-bond donors (Lipinski definition) is 0. The molecule has 4 nitrogen and oxygen atoms in total. The largest absolute Gasteiger partial charge is 0.255 e. The summed E-state index contributed by atoms with van der Waals surface area (Å²) in [6, 6.07) is 0. The van der Waals surface area contributed by atoms with Crippen LogP contribution in [0.3, 0.4) is 0 Å². The van der Waals surface area contributed by atoms with Crippen molar-refractivity contribution in [2.24, 2.45) is 0 Å². The molecule has 0 unspecified atom stereocenters. The van der Waals surface area contributed by atoms with E-state index in [1.807, 2.05) is 20.8 Å². The molecular weight excluding hydrogens is 292 g/mol. The number of aryl methyl sites for hydroxylation is 1. The molecule has 18 heavy (non-hydrogen) atoms. The second-order valence-corrected chi connectivity index (χ2v) is 8.47. The second-order valence-electron chi connectivity index (χ2n) is 4.84. The number of sulfonamides is 1. The first-order valence-corrected chi connectivity index (χ1v) is 8.01. The monoisotopic (exact) mass is 308 g/mol. The minimum absolute atomic E-state index is 0.198. The number of nitrogens with zero attached hydrogens (tertiary/aromatic N) is 2. The van der Waals surface area contributed by atoms with Crippen molar-refractivity contribution in [3.8, 4) is 0 Å². The average Bonchev–Trinajstić information content (AvgIpc) is 2.53. The van der Waals surface area contributed by atoms with Crippen molar-refractivity contribution >= 4 is 33.0 Å². The molecule has 0 aliphatic rings. The molecule has 102 valence electrons. The fraction of sp³-hybridized carbons (Fsp3) is 0.545. The third kappa shape index (κ3) is 3.12. The van der Waals surface area contributed by atoms with Gasteiger partial charge in [0.05, 0.1) is 5.69 Å². The van der Waals surface area contributed by atoms with E-state index in [1.165, 1.54) is 4.31 Å². The summed E-state index contributed by atoms with van der Waals surface area (Å²) >= 11 is 6.75. The maximum Gasteiger partial charge on any atom is 0.255 e. The van der Waals surface area contributed by atoms with Crippen molar-refractivity contribution in [3.05, 3.63) is 22.8 Å². The molecule has 0 N–H and O–H groups in total. The highest BCUT2D eigenvalue weighted by Gasteiger charge is 2.35. The molecule has 0 aromatic carbocycles. The Morgan fingerprint density at radius 3 is 2.39 bits per heavy atom. The summed E-state index contributed by atoms with van der Waals surface area (Å²) in [7, 11) is -3.60. The van der Waals surface area contributed by atoms with Gasteiger partial charge in [-0.05, 0) is 27.7 Å². The Kier molecular flexibility index (Phi) is 4.59. The zero-order valence-electron chi connectivity index (χ0n) is 10.9. The van der Waals surface area contributed by atoms with Crippen LogP contribution in [0, 0.1) is 6.92 Å². The Labute approximate surface area is 117 Å². The Morgan fingerprint density at radius 1 is 1.50 bits per heavy atom. The van der Waals surface area contributed by atoms with Crippen LogP contribution in [0.2, 0.25) is 4.47 Å². The van der Waals surface area contributed by atoms with Crippen molar-refractivity contribution in [2.75, 3.05) is 6.54 Å². The third-order valence-electron chi connectivity index (χ3n) is 2.30. The van der Waals surface area contributed by atoms with Gasteiger partial charge in [0.2, 0.25) is 0 Å². The molecule has 1 aromatic heterocycles. The van der Waals surface area contributed by atoms with Gasteiger partial charge < -0.3 is 0 Å². The van der Waals surface area contributed by atoms with Crippen LogP contribution in [0.5, 0.6) is 0 Å². The molecule has 1 heterocycles. The van der Waals surface area contributed by atoms with E-state index in [1.54, 1.807) is 13.0 Å². The second kappa shape index (κ2) is 5.28. The quantitative estimate of drug-likeness (QED) is 0.803. The van der Waals surface area contributed by atoms with Crippen LogP contribution in [0.4, 0.5) is 0 Å². The van der Waals surface area contributed by atoms with E-state index < -0.39 is 15.6 Å². The summed E-state index contributed by atoms with van der Waals surface area (Å²) in [6.07, 6.45) is 1.57. The van der Waals surface area contributed by atoms with Crippen LogP contribution in [0.25, 0.3) is 0 Å². The molecule has 0 spiro atoms. The smallest absolute Gasteiger partial charge is 0.229 e. The zero-order chi connectivity index (χ0) is 14.1. The number of hydrogen-bond acceptors (Lipinski definition) is 4. The van der Waals surface area contributed by atoms with E-state index in [4.69, 9.17) is 11.6 Å². The fourth-order valence-corrected chi connectivity index (χ4v) is 5.13. The molecule has 0 saturated carbocycles.